The topological polar surface area (TPSA) is 54.9 Å². The van der Waals surface area contributed by atoms with Crippen LogP contribution in [0.15, 0.2) is 58.4 Å². The lowest BCUT2D eigenvalue weighted by atomic mass is 10.2. The zero-order chi connectivity index (χ0) is 18.6. The van der Waals surface area contributed by atoms with Crippen LogP contribution in [0.25, 0.3) is 0 Å². The number of guanidine groups is 1. The third-order valence-corrected chi connectivity index (χ3v) is 4.63. The van der Waals surface area contributed by atoms with Gasteiger partial charge in [-0.3, -0.25) is 4.99 Å². The summed E-state index contributed by atoms with van der Waals surface area (Å²) in [6.45, 7) is 4.07. The zero-order valence-electron chi connectivity index (χ0n) is 16.0. The Hall–Kier alpha value is -1.61. The Labute approximate surface area is 183 Å². The maximum atomic E-state index is 5.62. The summed E-state index contributed by atoms with van der Waals surface area (Å²) in [5.74, 6) is 3.27. The van der Waals surface area contributed by atoms with Crippen LogP contribution in [-0.4, -0.2) is 39.0 Å². The second-order valence-corrected chi connectivity index (χ2v) is 6.60. The molecular weight excluding hydrogens is 473 g/mol. The van der Waals surface area contributed by atoms with E-state index in [1.54, 1.807) is 14.2 Å². The van der Waals surface area contributed by atoms with Crippen LogP contribution in [0.2, 0.25) is 0 Å². The Bertz CT molecular complexity index is 699. The summed E-state index contributed by atoms with van der Waals surface area (Å²) in [6.07, 6.45) is 0. The van der Waals surface area contributed by atoms with Crippen LogP contribution in [0.5, 0.6) is 11.5 Å². The average Bonchev–Trinajstić information content (AvgIpc) is 2.68. The van der Waals surface area contributed by atoms with E-state index in [9.17, 15) is 0 Å². The molecular formula is C20H28IN3O2S. The quantitative estimate of drug-likeness (QED) is 0.178. The molecule has 0 aliphatic carbocycles. The monoisotopic (exact) mass is 501 g/mol. The van der Waals surface area contributed by atoms with Gasteiger partial charge in [0.05, 0.1) is 13.7 Å². The van der Waals surface area contributed by atoms with Crippen molar-refractivity contribution in [2.24, 2.45) is 4.99 Å². The Morgan fingerprint density at radius 1 is 1.07 bits per heavy atom. The maximum Gasteiger partial charge on any atom is 0.191 e. The van der Waals surface area contributed by atoms with E-state index >= 15 is 0 Å². The molecule has 0 saturated carbocycles. The van der Waals surface area contributed by atoms with Crippen molar-refractivity contribution in [3.8, 4) is 11.5 Å². The number of hydrogen-bond acceptors (Lipinski definition) is 4. The Morgan fingerprint density at radius 2 is 1.85 bits per heavy atom. The molecule has 2 N–H and O–H groups in total. The van der Waals surface area contributed by atoms with Gasteiger partial charge in [-0.1, -0.05) is 24.3 Å². The summed E-state index contributed by atoms with van der Waals surface area (Å²) in [4.78, 5) is 5.55. The van der Waals surface area contributed by atoms with Crippen molar-refractivity contribution in [3.05, 3.63) is 54.1 Å². The number of thioether (sulfide) groups is 1. The van der Waals surface area contributed by atoms with E-state index in [4.69, 9.17) is 9.47 Å². The molecule has 0 bridgehead atoms. The first-order valence-corrected chi connectivity index (χ1v) is 9.67. The van der Waals surface area contributed by atoms with Crippen molar-refractivity contribution in [3.63, 3.8) is 0 Å². The molecule has 0 spiro atoms. The van der Waals surface area contributed by atoms with Gasteiger partial charge >= 0.3 is 0 Å². The molecule has 2 aromatic carbocycles. The highest BCUT2D eigenvalue weighted by Crippen LogP contribution is 2.27. The van der Waals surface area contributed by atoms with Crippen molar-refractivity contribution >= 4 is 41.7 Å². The largest absolute Gasteiger partial charge is 0.493 e. The molecule has 0 unspecified atom stereocenters. The highest BCUT2D eigenvalue weighted by atomic mass is 127. The lowest BCUT2D eigenvalue weighted by Crippen LogP contribution is -2.37. The molecule has 0 heterocycles. The number of hydrogen-bond donors (Lipinski definition) is 2. The minimum atomic E-state index is 0. The molecule has 2 rings (SSSR count). The minimum absolute atomic E-state index is 0. The SMILES string of the molecule is CCOc1cc(CNC(=NC)NCCSc2ccccc2)ccc1OC.I. The molecule has 0 aromatic heterocycles. The van der Waals surface area contributed by atoms with Gasteiger partial charge in [-0.2, -0.15) is 0 Å². The molecule has 0 radical (unpaired) electrons. The first-order valence-electron chi connectivity index (χ1n) is 8.69. The van der Waals surface area contributed by atoms with E-state index < -0.39 is 0 Å². The Morgan fingerprint density at radius 3 is 2.52 bits per heavy atom. The first kappa shape index (κ1) is 23.4. The second-order valence-electron chi connectivity index (χ2n) is 5.43. The summed E-state index contributed by atoms with van der Waals surface area (Å²) in [7, 11) is 3.42. The van der Waals surface area contributed by atoms with Gasteiger partial charge in [0.2, 0.25) is 0 Å². The lowest BCUT2D eigenvalue weighted by Gasteiger charge is -2.14. The molecule has 0 saturated heterocycles. The van der Waals surface area contributed by atoms with E-state index in [0.717, 1.165) is 35.3 Å². The number of aliphatic imine (C=N–C) groups is 1. The maximum absolute atomic E-state index is 5.62. The Kier molecular flexibility index (Phi) is 11.8. The number of rotatable bonds is 9. The lowest BCUT2D eigenvalue weighted by molar-refractivity contribution is 0.310. The van der Waals surface area contributed by atoms with E-state index in [-0.39, 0.29) is 24.0 Å². The average molecular weight is 501 g/mol. The van der Waals surface area contributed by atoms with Crippen LogP contribution in [0, 0.1) is 0 Å². The van der Waals surface area contributed by atoms with Gasteiger partial charge < -0.3 is 20.1 Å². The summed E-state index contributed by atoms with van der Waals surface area (Å²) in [6, 6.07) is 16.3. The van der Waals surface area contributed by atoms with Crippen molar-refractivity contribution in [2.75, 3.05) is 33.1 Å². The number of nitrogens with one attached hydrogen (secondary N) is 2. The van der Waals surface area contributed by atoms with Crippen LogP contribution < -0.4 is 20.1 Å². The summed E-state index contributed by atoms with van der Waals surface area (Å²) >= 11 is 1.82. The third kappa shape index (κ3) is 8.30. The predicted molar refractivity (Wildman–Crippen MR) is 125 cm³/mol. The molecule has 2 aromatic rings. The third-order valence-electron chi connectivity index (χ3n) is 3.62. The molecule has 0 aliphatic heterocycles. The molecule has 0 aliphatic rings. The molecule has 7 heteroatoms. The van der Waals surface area contributed by atoms with Crippen LogP contribution in [0.3, 0.4) is 0 Å². The minimum Gasteiger partial charge on any atom is -0.493 e. The zero-order valence-corrected chi connectivity index (χ0v) is 19.2. The molecule has 0 amide bonds. The normalized spacial score (nSPS) is 10.7. The standard InChI is InChI=1S/C20H27N3O2S.HI/c1-4-25-19-14-16(10-11-18(19)24-3)15-23-20(21-2)22-12-13-26-17-8-6-5-7-9-17;/h5-11,14H,4,12-13,15H2,1-3H3,(H2,21,22,23);1H. The van der Waals surface area contributed by atoms with Crippen molar-refractivity contribution in [1.82, 2.24) is 10.6 Å². The number of ether oxygens (including phenoxy) is 2. The van der Waals surface area contributed by atoms with E-state index in [1.165, 1.54) is 4.90 Å². The first-order chi connectivity index (χ1) is 12.8. The van der Waals surface area contributed by atoms with Crippen LogP contribution >= 0.6 is 35.7 Å². The highest BCUT2D eigenvalue weighted by molar-refractivity contribution is 14.0. The van der Waals surface area contributed by atoms with Gasteiger partial charge in [-0.15, -0.1) is 35.7 Å². The van der Waals surface area contributed by atoms with Gasteiger partial charge in [0.15, 0.2) is 17.5 Å². The summed E-state index contributed by atoms with van der Waals surface area (Å²) < 4.78 is 10.9. The number of nitrogens with zero attached hydrogens (tertiary/aromatic N) is 1. The predicted octanol–water partition coefficient (Wildman–Crippen LogP) is 4.17. The van der Waals surface area contributed by atoms with Gasteiger partial charge in [-0.05, 0) is 36.8 Å². The fourth-order valence-corrected chi connectivity index (χ4v) is 3.15. The van der Waals surface area contributed by atoms with E-state index in [1.807, 2.05) is 43.0 Å². The van der Waals surface area contributed by atoms with Crippen LogP contribution in [0.1, 0.15) is 12.5 Å². The summed E-state index contributed by atoms with van der Waals surface area (Å²) in [5.41, 5.74) is 1.11. The van der Waals surface area contributed by atoms with Crippen molar-refractivity contribution < 1.29 is 9.47 Å². The van der Waals surface area contributed by atoms with Gasteiger partial charge in [-0.25, -0.2) is 0 Å². The molecule has 0 fully saturated rings. The Balaban J connectivity index is 0.00000364. The highest BCUT2D eigenvalue weighted by Gasteiger charge is 2.06. The van der Waals surface area contributed by atoms with Gasteiger partial charge in [0.25, 0.3) is 0 Å². The molecule has 5 nitrogen and oxygen atoms in total. The molecule has 148 valence electrons. The van der Waals surface area contributed by atoms with Gasteiger partial charge in [0, 0.05) is 30.8 Å². The number of benzene rings is 2. The van der Waals surface area contributed by atoms with Crippen LogP contribution in [0.4, 0.5) is 0 Å². The summed E-state index contributed by atoms with van der Waals surface area (Å²) in [5, 5.41) is 6.66. The number of halogens is 1. The van der Waals surface area contributed by atoms with Gasteiger partial charge in [0.1, 0.15) is 0 Å². The fraction of sp³-hybridized carbons (Fsp3) is 0.350. The van der Waals surface area contributed by atoms with E-state index in [0.29, 0.717) is 13.2 Å². The van der Waals surface area contributed by atoms with E-state index in [2.05, 4.69) is 39.9 Å². The second kappa shape index (κ2) is 13.5. The van der Waals surface area contributed by atoms with Crippen molar-refractivity contribution in [2.45, 2.75) is 18.4 Å². The molecule has 0 atom stereocenters. The smallest absolute Gasteiger partial charge is 0.191 e. The van der Waals surface area contributed by atoms with Crippen molar-refractivity contribution in [1.29, 1.82) is 0 Å². The fourth-order valence-electron chi connectivity index (χ4n) is 2.36. The molecule has 27 heavy (non-hydrogen) atoms. The number of methoxy groups -OCH3 is 1. The van der Waals surface area contributed by atoms with Crippen LogP contribution in [-0.2, 0) is 6.54 Å².